The average Bonchev–Trinajstić information content (AvgIpc) is 2.79. The second-order valence-corrected chi connectivity index (χ2v) is 7.27. The van der Waals surface area contributed by atoms with Gasteiger partial charge in [-0.25, -0.2) is 0 Å². The summed E-state index contributed by atoms with van der Waals surface area (Å²) in [6.07, 6.45) is 1.92. The van der Waals surface area contributed by atoms with E-state index >= 15 is 0 Å². The van der Waals surface area contributed by atoms with Gasteiger partial charge in [0.05, 0.1) is 5.69 Å². The minimum Gasteiger partial charge on any atom is -0.356 e. The zero-order valence-corrected chi connectivity index (χ0v) is 20.0. The van der Waals surface area contributed by atoms with Gasteiger partial charge in [-0.2, -0.15) is 5.10 Å². The molecule has 27 heavy (non-hydrogen) atoms. The van der Waals surface area contributed by atoms with E-state index in [4.69, 9.17) is 0 Å². The maximum Gasteiger partial charge on any atom is 0.191 e. The molecule has 0 aliphatic heterocycles. The molecule has 150 valence electrons. The zero-order chi connectivity index (χ0) is 19.3. The van der Waals surface area contributed by atoms with E-state index in [-0.39, 0.29) is 30.0 Å². The van der Waals surface area contributed by atoms with Gasteiger partial charge < -0.3 is 10.6 Å². The maximum absolute atomic E-state index is 4.50. The van der Waals surface area contributed by atoms with Crippen molar-refractivity contribution in [1.29, 1.82) is 0 Å². The van der Waals surface area contributed by atoms with Gasteiger partial charge in [-0.15, -0.1) is 24.0 Å². The number of aromatic nitrogens is 2. The lowest BCUT2D eigenvalue weighted by Crippen LogP contribution is -2.43. The number of nitrogens with zero attached hydrogens (tertiary/aromatic N) is 3. The third kappa shape index (κ3) is 6.83. The highest BCUT2D eigenvalue weighted by Crippen LogP contribution is 2.14. The molecular formula is C21H34IN5. The van der Waals surface area contributed by atoms with Crippen LogP contribution in [0, 0.1) is 27.7 Å². The summed E-state index contributed by atoms with van der Waals surface area (Å²) in [7, 11) is 3.82. The monoisotopic (exact) mass is 483 g/mol. The number of guanidine groups is 1. The lowest BCUT2D eigenvalue weighted by Gasteiger charge is -2.18. The molecule has 2 rings (SSSR count). The van der Waals surface area contributed by atoms with Gasteiger partial charge in [0.2, 0.25) is 0 Å². The summed E-state index contributed by atoms with van der Waals surface area (Å²) in [5.74, 6) is 0.848. The van der Waals surface area contributed by atoms with Crippen LogP contribution in [0.2, 0.25) is 0 Å². The molecule has 2 aromatic rings. The Bertz CT molecular complexity index is 759. The molecule has 0 spiro atoms. The molecule has 5 nitrogen and oxygen atoms in total. The highest BCUT2D eigenvalue weighted by molar-refractivity contribution is 14.0. The first kappa shape index (κ1) is 23.5. The van der Waals surface area contributed by atoms with Crippen molar-refractivity contribution in [2.24, 2.45) is 12.0 Å². The number of aliphatic imine (C=N–C) groups is 1. The predicted molar refractivity (Wildman–Crippen MR) is 125 cm³/mol. The molecule has 0 amide bonds. The van der Waals surface area contributed by atoms with Gasteiger partial charge in [0.1, 0.15) is 0 Å². The van der Waals surface area contributed by atoms with E-state index in [1.165, 1.54) is 27.9 Å². The van der Waals surface area contributed by atoms with Crippen molar-refractivity contribution in [3.63, 3.8) is 0 Å². The van der Waals surface area contributed by atoms with E-state index in [9.17, 15) is 0 Å². The van der Waals surface area contributed by atoms with Crippen molar-refractivity contribution in [1.82, 2.24) is 20.4 Å². The Hall–Kier alpha value is -1.57. The Labute approximate surface area is 181 Å². The molecule has 0 aliphatic carbocycles. The number of hydrogen-bond acceptors (Lipinski definition) is 2. The van der Waals surface area contributed by atoms with E-state index in [1.807, 2.05) is 18.8 Å². The quantitative estimate of drug-likeness (QED) is 0.375. The zero-order valence-electron chi connectivity index (χ0n) is 17.7. The lowest BCUT2D eigenvalue weighted by atomic mass is 10.1. The molecule has 1 unspecified atom stereocenters. The van der Waals surface area contributed by atoms with Crippen molar-refractivity contribution in [2.45, 2.75) is 53.5 Å². The Morgan fingerprint density at radius 1 is 1.15 bits per heavy atom. The van der Waals surface area contributed by atoms with Gasteiger partial charge in [-0.3, -0.25) is 9.67 Å². The third-order valence-corrected chi connectivity index (χ3v) is 4.76. The summed E-state index contributed by atoms with van der Waals surface area (Å²) >= 11 is 0. The number of nitrogens with one attached hydrogen (secondary N) is 2. The summed E-state index contributed by atoms with van der Waals surface area (Å²) in [5.41, 5.74) is 7.65. The van der Waals surface area contributed by atoms with E-state index in [0.29, 0.717) is 0 Å². The van der Waals surface area contributed by atoms with Gasteiger partial charge in [0, 0.05) is 32.4 Å². The third-order valence-electron chi connectivity index (χ3n) is 4.76. The van der Waals surface area contributed by atoms with Crippen molar-refractivity contribution in [2.75, 3.05) is 13.6 Å². The Morgan fingerprint density at radius 2 is 1.78 bits per heavy atom. The second-order valence-electron chi connectivity index (χ2n) is 7.27. The van der Waals surface area contributed by atoms with Gasteiger partial charge in [0.15, 0.2) is 5.96 Å². The summed E-state index contributed by atoms with van der Waals surface area (Å²) in [4.78, 5) is 4.36. The standard InChI is InChI=1S/C21H33N5.HI/c1-14-10-15(2)12-19(11-14)8-9-23-21(22-6)24-16(3)13-20-17(4)25-26(7)18(20)5;/h10-12,16H,8-9,13H2,1-7H3,(H2,22,23,24);1H. The first-order valence-corrected chi connectivity index (χ1v) is 9.33. The largest absolute Gasteiger partial charge is 0.356 e. The Kier molecular flexibility index (Phi) is 9.29. The number of benzene rings is 1. The van der Waals surface area contributed by atoms with Crippen LogP contribution in [0.3, 0.4) is 0 Å². The molecule has 0 fully saturated rings. The fraction of sp³-hybridized carbons (Fsp3) is 0.524. The number of hydrogen-bond donors (Lipinski definition) is 2. The molecule has 0 saturated carbocycles. The smallest absolute Gasteiger partial charge is 0.191 e. The molecule has 0 bridgehead atoms. The van der Waals surface area contributed by atoms with Gasteiger partial charge in [-0.1, -0.05) is 29.3 Å². The van der Waals surface area contributed by atoms with Crippen LogP contribution >= 0.6 is 24.0 Å². The molecule has 1 heterocycles. The Balaban J connectivity index is 0.00000364. The molecule has 0 radical (unpaired) electrons. The van der Waals surface area contributed by atoms with Gasteiger partial charge in [-0.05, 0) is 58.6 Å². The summed E-state index contributed by atoms with van der Waals surface area (Å²) < 4.78 is 1.95. The molecule has 1 aromatic carbocycles. The van der Waals surface area contributed by atoms with Crippen molar-refractivity contribution >= 4 is 29.9 Å². The van der Waals surface area contributed by atoms with Crippen LogP contribution in [0.4, 0.5) is 0 Å². The normalized spacial score (nSPS) is 12.5. The van der Waals surface area contributed by atoms with Gasteiger partial charge in [0.25, 0.3) is 0 Å². The number of halogens is 1. The molecule has 0 saturated heterocycles. The average molecular weight is 483 g/mol. The fourth-order valence-electron chi connectivity index (χ4n) is 3.44. The van der Waals surface area contributed by atoms with Crippen molar-refractivity contribution in [3.05, 3.63) is 51.8 Å². The van der Waals surface area contributed by atoms with Crippen LogP contribution < -0.4 is 10.6 Å². The van der Waals surface area contributed by atoms with Gasteiger partial charge >= 0.3 is 0 Å². The molecule has 1 atom stereocenters. The SMILES string of the molecule is CN=C(NCCc1cc(C)cc(C)c1)NC(C)Cc1c(C)nn(C)c1C.I. The Morgan fingerprint density at radius 3 is 2.30 bits per heavy atom. The van der Waals surface area contributed by atoms with Crippen LogP contribution in [0.15, 0.2) is 23.2 Å². The maximum atomic E-state index is 4.50. The summed E-state index contributed by atoms with van der Waals surface area (Å²) in [5, 5.41) is 11.4. The molecule has 6 heteroatoms. The molecule has 2 N–H and O–H groups in total. The topological polar surface area (TPSA) is 54.2 Å². The van der Waals surface area contributed by atoms with Crippen molar-refractivity contribution < 1.29 is 0 Å². The fourth-order valence-corrected chi connectivity index (χ4v) is 3.44. The first-order chi connectivity index (χ1) is 12.3. The van der Waals surface area contributed by atoms with E-state index < -0.39 is 0 Å². The summed E-state index contributed by atoms with van der Waals surface area (Å²) in [6.45, 7) is 11.5. The first-order valence-electron chi connectivity index (χ1n) is 9.33. The summed E-state index contributed by atoms with van der Waals surface area (Å²) in [6, 6.07) is 6.99. The van der Waals surface area contributed by atoms with Crippen LogP contribution in [0.1, 0.15) is 40.6 Å². The van der Waals surface area contributed by atoms with Crippen LogP contribution in [-0.2, 0) is 19.9 Å². The number of aryl methyl sites for hydroxylation is 4. The lowest BCUT2D eigenvalue weighted by molar-refractivity contribution is 0.635. The van der Waals surface area contributed by atoms with E-state index in [2.05, 4.69) is 73.5 Å². The van der Waals surface area contributed by atoms with E-state index in [1.54, 1.807) is 0 Å². The van der Waals surface area contributed by atoms with Crippen LogP contribution in [-0.4, -0.2) is 35.4 Å². The minimum absolute atomic E-state index is 0. The number of rotatable bonds is 6. The van der Waals surface area contributed by atoms with Crippen molar-refractivity contribution in [3.8, 4) is 0 Å². The molecule has 1 aromatic heterocycles. The minimum atomic E-state index is 0. The highest BCUT2D eigenvalue weighted by Gasteiger charge is 2.13. The predicted octanol–water partition coefficient (Wildman–Crippen LogP) is 3.61. The van der Waals surface area contributed by atoms with Crippen LogP contribution in [0.25, 0.3) is 0 Å². The molecule has 0 aliphatic rings. The second kappa shape index (κ2) is 10.7. The van der Waals surface area contributed by atoms with Crippen LogP contribution in [0.5, 0.6) is 0 Å². The molecular weight excluding hydrogens is 449 g/mol. The highest BCUT2D eigenvalue weighted by atomic mass is 127. The van der Waals surface area contributed by atoms with E-state index in [0.717, 1.165) is 31.0 Å².